The highest BCUT2D eigenvalue weighted by Gasteiger charge is 2.28. The van der Waals surface area contributed by atoms with Crippen LogP contribution in [0, 0.1) is 0 Å². The number of hydrogen-bond donors (Lipinski definition) is 1. The minimum atomic E-state index is 0.145. The molecule has 0 bridgehead atoms. The SMILES string of the molecule is NC(CCN1CCN2CCCCC2C1)c1cccc(Br)c1. The van der Waals surface area contributed by atoms with Gasteiger partial charge in [-0.15, -0.1) is 0 Å². The summed E-state index contributed by atoms with van der Waals surface area (Å²) in [6, 6.07) is 9.35. The maximum absolute atomic E-state index is 6.35. The average Bonchev–Trinajstić information content (AvgIpc) is 2.52. The lowest BCUT2D eigenvalue weighted by Crippen LogP contribution is -2.54. The molecule has 3 rings (SSSR count). The molecule has 21 heavy (non-hydrogen) atoms. The van der Waals surface area contributed by atoms with E-state index in [1.165, 1.54) is 51.0 Å². The van der Waals surface area contributed by atoms with E-state index in [4.69, 9.17) is 5.73 Å². The zero-order chi connectivity index (χ0) is 14.7. The van der Waals surface area contributed by atoms with Gasteiger partial charge in [0.2, 0.25) is 0 Å². The van der Waals surface area contributed by atoms with Gasteiger partial charge >= 0.3 is 0 Å². The third-order valence-corrected chi connectivity index (χ3v) is 5.45. The molecule has 0 amide bonds. The number of nitrogens with two attached hydrogens (primary N) is 1. The third kappa shape index (κ3) is 4.07. The van der Waals surface area contributed by atoms with Crippen molar-refractivity contribution in [3.05, 3.63) is 34.3 Å². The number of fused-ring (bicyclic) bond motifs is 1. The second kappa shape index (κ2) is 7.23. The van der Waals surface area contributed by atoms with Crippen molar-refractivity contribution in [3.63, 3.8) is 0 Å². The average molecular weight is 352 g/mol. The summed E-state index contributed by atoms with van der Waals surface area (Å²) in [7, 11) is 0. The minimum Gasteiger partial charge on any atom is -0.324 e. The Morgan fingerprint density at radius 3 is 3.00 bits per heavy atom. The Bertz CT molecular complexity index is 465. The number of benzene rings is 1. The standard InChI is InChI=1S/C17H26BrN3/c18-15-5-3-4-14(12-15)17(19)7-9-20-10-11-21-8-2-1-6-16(21)13-20/h3-5,12,16-17H,1-2,6-11,13,19H2. The molecule has 2 atom stereocenters. The van der Waals surface area contributed by atoms with Crippen LogP contribution < -0.4 is 5.73 Å². The maximum Gasteiger partial charge on any atom is 0.0307 e. The van der Waals surface area contributed by atoms with Crippen LogP contribution in [0.15, 0.2) is 28.7 Å². The Labute approximate surface area is 136 Å². The number of piperidine rings is 1. The van der Waals surface area contributed by atoms with Crippen molar-refractivity contribution in [2.45, 2.75) is 37.8 Å². The second-order valence-corrected chi connectivity index (χ2v) is 7.35. The van der Waals surface area contributed by atoms with E-state index in [1.807, 2.05) is 0 Å². The largest absolute Gasteiger partial charge is 0.324 e. The Balaban J connectivity index is 1.49. The number of piperazine rings is 1. The fourth-order valence-electron chi connectivity index (χ4n) is 3.65. The zero-order valence-electron chi connectivity index (χ0n) is 12.7. The molecule has 2 unspecified atom stereocenters. The van der Waals surface area contributed by atoms with Crippen molar-refractivity contribution in [1.29, 1.82) is 0 Å². The smallest absolute Gasteiger partial charge is 0.0307 e. The number of rotatable bonds is 4. The molecule has 0 aromatic heterocycles. The molecule has 4 heteroatoms. The van der Waals surface area contributed by atoms with Crippen LogP contribution in [0.5, 0.6) is 0 Å². The number of hydrogen-bond acceptors (Lipinski definition) is 3. The summed E-state index contributed by atoms with van der Waals surface area (Å²) in [6.07, 6.45) is 5.23. The molecule has 0 radical (unpaired) electrons. The fourth-order valence-corrected chi connectivity index (χ4v) is 4.07. The first-order valence-electron chi connectivity index (χ1n) is 8.20. The molecule has 3 nitrogen and oxygen atoms in total. The van der Waals surface area contributed by atoms with Gasteiger partial charge in [-0.2, -0.15) is 0 Å². The first-order valence-corrected chi connectivity index (χ1v) is 8.99. The van der Waals surface area contributed by atoms with Gasteiger partial charge in [0.05, 0.1) is 0 Å². The molecular formula is C17H26BrN3. The van der Waals surface area contributed by atoms with Gasteiger partial charge in [-0.1, -0.05) is 34.5 Å². The van der Waals surface area contributed by atoms with Gasteiger partial charge in [0.1, 0.15) is 0 Å². The lowest BCUT2D eigenvalue weighted by Gasteiger charge is -2.44. The van der Waals surface area contributed by atoms with E-state index in [-0.39, 0.29) is 6.04 Å². The molecular weight excluding hydrogens is 326 g/mol. The predicted octanol–water partition coefficient (Wildman–Crippen LogP) is 3.01. The molecule has 2 saturated heterocycles. The third-order valence-electron chi connectivity index (χ3n) is 4.95. The predicted molar refractivity (Wildman–Crippen MR) is 91.3 cm³/mol. The zero-order valence-corrected chi connectivity index (χ0v) is 14.3. The highest BCUT2D eigenvalue weighted by atomic mass is 79.9. The van der Waals surface area contributed by atoms with Crippen molar-refractivity contribution >= 4 is 15.9 Å². The molecule has 2 aliphatic heterocycles. The van der Waals surface area contributed by atoms with E-state index in [9.17, 15) is 0 Å². The van der Waals surface area contributed by atoms with Crippen molar-refractivity contribution in [2.75, 3.05) is 32.7 Å². The normalized spacial score (nSPS) is 25.5. The molecule has 0 spiro atoms. The summed E-state index contributed by atoms with van der Waals surface area (Å²) in [5.74, 6) is 0. The van der Waals surface area contributed by atoms with E-state index in [1.54, 1.807) is 0 Å². The number of nitrogens with zero attached hydrogens (tertiary/aromatic N) is 2. The number of halogens is 1. The first-order chi connectivity index (χ1) is 10.2. The molecule has 0 aliphatic carbocycles. The van der Waals surface area contributed by atoms with Crippen LogP contribution in [0.4, 0.5) is 0 Å². The van der Waals surface area contributed by atoms with Gasteiger partial charge < -0.3 is 10.6 Å². The topological polar surface area (TPSA) is 32.5 Å². The van der Waals surface area contributed by atoms with Crippen molar-refractivity contribution in [2.24, 2.45) is 5.73 Å². The van der Waals surface area contributed by atoms with Crippen LogP contribution in [-0.2, 0) is 0 Å². The summed E-state index contributed by atoms with van der Waals surface area (Å²) in [4.78, 5) is 5.30. The summed E-state index contributed by atoms with van der Waals surface area (Å²) in [5.41, 5.74) is 7.59. The van der Waals surface area contributed by atoms with Gasteiger partial charge in [-0.25, -0.2) is 0 Å². The van der Waals surface area contributed by atoms with Crippen LogP contribution in [0.3, 0.4) is 0 Å². The minimum absolute atomic E-state index is 0.145. The molecule has 1 aromatic carbocycles. The van der Waals surface area contributed by atoms with Gasteiger partial charge in [0, 0.05) is 42.7 Å². The van der Waals surface area contributed by atoms with Gasteiger partial charge in [0.15, 0.2) is 0 Å². The second-order valence-electron chi connectivity index (χ2n) is 6.44. The molecule has 0 saturated carbocycles. The summed E-state index contributed by atoms with van der Waals surface area (Å²) < 4.78 is 1.12. The fraction of sp³-hybridized carbons (Fsp3) is 0.647. The van der Waals surface area contributed by atoms with E-state index in [0.29, 0.717) is 0 Å². The molecule has 1 aromatic rings. The molecule has 2 fully saturated rings. The van der Waals surface area contributed by atoms with Gasteiger partial charge in [-0.05, 0) is 43.5 Å². The van der Waals surface area contributed by atoms with Gasteiger partial charge in [-0.3, -0.25) is 4.90 Å². The van der Waals surface area contributed by atoms with Crippen molar-refractivity contribution < 1.29 is 0 Å². The molecule has 2 aliphatic rings. The monoisotopic (exact) mass is 351 g/mol. The van der Waals surface area contributed by atoms with Crippen LogP contribution in [0.1, 0.15) is 37.3 Å². The van der Waals surface area contributed by atoms with Crippen LogP contribution in [-0.4, -0.2) is 48.6 Å². The molecule has 116 valence electrons. The molecule has 2 N–H and O–H groups in total. The van der Waals surface area contributed by atoms with Crippen LogP contribution in [0.2, 0.25) is 0 Å². The van der Waals surface area contributed by atoms with E-state index in [0.717, 1.165) is 23.5 Å². The van der Waals surface area contributed by atoms with Crippen molar-refractivity contribution in [1.82, 2.24) is 9.80 Å². The Morgan fingerprint density at radius 2 is 2.14 bits per heavy atom. The van der Waals surface area contributed by atoms with E-state index in [2.05, 4.69) is 50.0 Å². The van der Waals surface area contributed by atoms with Crippen molar-refractivity contribution in [3.8, 4) is 0 Å². The Hall–Kier alpha value is -0.420. The Kier molecular flexibility index (Phi) is 5.33. The first kappa shape index (κ1) is 15.5. The van der Waals surface area contributed by atoms with E-state index < -0.39 is 0 Å². The van der Waals surface area contributed by atoms with Crippen LogP contribution >= 0.6 is 15.9 Å². The lowest BCUT2D eigenvalue weighted by molar-refractivity contribution is 0.0481. The molecule has 2 heterocycles. The summed E-state index contributed by atoms with van der Waals surface area (Å²) >= 11 is 3.52. The maximum atomic E-state index is 6.35. The van der Waals surface area contributed by atoms with Gasteiger partial charge in [0.25, 0.3) is 0 Å². The van der Waals surface area contributed by atoms with Crippen LogP contribution in [0.25, 0.3) is 0 Å². The quantitative estimate of drug-likeness (QED) is 0.904. The lowest BCUT2D eigenvalue weighted by atomic mass is 9.99. The van der Waals surface area contributed by atoms with E-state index >= 15 is 0 Å². The summed E-state index contributed by atoms with van der Waals surface area (Å²) in [6.45, 7) is 6.14. The highest BCUT2D eigenvalue weighted by molar-refractivity contribution is 9.10. The summed E-state index contributed by atoms with van der Waals surface area (Å²) in [5, 5.41) is 0. The highest BCUT2D eigenvalue weighted by Crippen LogP contribution is 2.23. The Morgan fingerprint density at radius 1 is 1.24 bits per heavy atom.